The Bertz CT molecular complexity index is 1190. The zero-order chi connectivity index (χ0) is 21.6. The number of hydrogen-bond donors (Lipinski definition) is 0. The minimum atomic E-state index is -0.0872. The molecule has 154 valence electrons. The number of aromatic nitrogens is 2. The molecule has 0 atom stereocenters. The van der Waals surface area contributed by atoms with Gasteiger partial charge in [-0.1, -0.05) is 18.2 Å². The molecule has 0 saturated carbocycles. The lowest BCUT2D eigenvalue weighted by atomic mass is 10.1. The summed E-state index contributed by atoms with van der Waals surface area (Å²) in [4.78, 5) is 12.7. The van der Waals surface area contributed by atoms with Crippen LogP contribution in [-0.2, 0) is 0 Å². The molecule has 31 heavy (non-hydrogen) atoms. The van der Waals surface area contributed by atoms with Crippen molar-refractivity contribution in [3.05, 3.63) is 102 Å². The number of ketones is 1. The molecular formula is C26H22N2O3. The van der Waals surface area contributed by atoms with Gasteiger partial charge >= 0.3 is 0 Å². The molecule has 4 rings (SSSR count). The van der Waals surface area contributed by atoms with Gasteiger partial charge in [-0.3, -0.25) is 4.79 Å². The summed E-state index contributed by atoms with van der Waals surface area (Å²) in [5.74, 6) is 1.40. The van der Waals surface area contributed by atoms with Crippen LogP contribution in [0.4, 0.5) is 0 Å². The molecule has 3 aromatic carbocycles. The van der Waals surface area contributed by atoms with E-state index in [1.165, 1.54) is 0 Å². The molecule has 4 aromatic rings. The van der Waals surface area contributed by atoms with Crippen LogP contribution >= 0.6 is 0 Å². The Morgan fingerprint density at radius 1 is 0.839 bits per heavy atom. The highest BCUT2D eigenvalue weighted by molar-refractivity contribution is 6.07. The molecule has 1 heterocycles. The number of carbonyl (C=O) groups is 1. The smallest absolute Gasteiger partial charge is 0.185 e. The lowest BCUT2D eigenvalue weighted by Crippen LogP contribution is -1.94. The van der Waals surface area contributed by atoms with Crippen LogP contribution in [0, 0.1) is 0 Å². The van der Waals surface area contributed by atoms with E-state index in [1.807, 2.05) is 65.5 Å². The number of carbonyl (C=O) groups excluding carboxylic acids is 1. The lowest BCUT2D eigenvalue weighted by molar-refractivity contribution is 0.104. The topological polar surface area (TPSA) is 53.4 Å². The first-order chi connectivity index (χ1) is 15.2. The Hall–Kier alpha value is -4.12. The SMILES string of the molecule is COc1ccc(C(=O)C=Cc2cn(-c3ccccc3)nc2-c2ccc(OC)cc2)cc1. The molecule has 0 bridgehead atoms. The number of rotatable bonds is 7. The fourth-order valence-corrected chi connectivity index (χ4v) is 3.21. The van der Waals surface area contributed by atoms with Crippen molar-refractivity contribution in [1.82, 2.24) is 9.78 Å². The van der Waals surface area contributed by atoms with Crippen LogP contribution < -0.4 is 9.47 Å². The Balaban J connectivity index is 1.69. The fourth-order valence-electron chi connectivity index (χ4n) is 3.21. The number of allylic oxidation sites excluding steroid dienone is 1. The van der Waals surface area contributed by atoms with Gasteiger partial charge in [-0.25, -0.2) is 4.68 Å². The van der Waals surface area contributed by atoms with E-state index in [0.29, 0.717) is 11.3 Å². The van der Waals surface area contributed by atoms with Gasteiger partial charge in [0.15, 0.2) is 5.78 Å². The highest BCUT2D eigenvalue weighted by Gasteiger charge is 2.12. The number of methoxy groups -OCH3 is 2. The van der Waals surface area contributed by atoms with E-state index >= 15 is 0 Å². The van der Waals surface area contributed by atoms with Crippen molar-refractivity contribution in [2.24, 2.45) is 0 Å². The zero-order valence-corrected chi connectivity index (χ0v) is 17.4. The van der Waals surface area contributed by atoms with E-state index in [1.54, 1.807) is 50.6 Å². The minimum absolute atomic E-state index is 0.0872. The van der Waals surface area contributed by atoms with Crippen molar-refractivity contribution in [3.63, 3.8) is 0 Å². The van der Waals surface area contributed by atoms with Gasteiger partial charge in [0, 0.05) is 22.9 Å². The Morgan fingerprint density at radius 3 is 2.06 bits per heavy atom. The molecule has 0 fully saturated rings. The maximum absolute atomic E-state index is 12.7. The maximum atomic E-state index is 12.7. The number of nitrogens with zero attached hydrogens (tertiary/aromatic N) is 2. The standard InChI is InChI=1S/C26H22N2O3/c1-30-23-13-8-19(9-14-23)25(29)17-12-21-18-28(22-6-4-3-5-7-22)27-26(21)20-10-15-24(31-2)16-11-20/h3-18H,1-2H3. The number of hydrogen-bond acceptors (Lipinski definition) is 4. The molecule has 0 radical (unpaired) electrons. The molecule has 1 aromatic heterocycles. The van der Waals surface area contributed by atoms with E-state index in [4.69, 9.17) is 14.6 Å². The molecule has 0 unspecified atom stereocenters. The Morgan fingerprint density at radius 2 is 1.45 bits per heavy atom. The van der Waals surface area contributed by atoms with Crippen molar-refractivity contribution in [2.45, 2.75) is 0 Å². The average molecular weight is 410 g/mol. The van der Waals surface area contributed by atoms with E-state index in [2.05, 4.69) is 0 Å². The van der Waals surface area contributed by atoms with Crippen LogP contribution in [0.1, 0.15) is 15.9 Å². The molecule has 0 amide bonds. The number of ether oxygens (including phenoxy) is 2. The molecule has 5 nitrogen and oxygen atoms in total. The first-order valence-electron chi connectivity index (χ1n) is 9.84. The van der Waals surface area contributed by atoms with E-state index in [0.717, 1.165) is 28.3 Å². The fraction of sp³-hybridized carbons (Fsp3) is 0.0769. The van der Waals surface area contributed by atoms with Crippen LogP contribution in [0.2, 0.25) is 0 Å². The van der Waals surface area contributed by atoms with Crippen LogP contribution in [0.15, 0.2) is 91.1 Å². The van der Waals surface area contributed by atoms with Gasteiger partial charge < -0.3 is 9.47 Å². The molecule has 0 aliphatic rings. The van der Waals surface area contributed by atoms with E-state index < -0.39 is 0 Å². The van der Waals surface area contributed by atoms with Crippen LogP contribution in [-0.4, -0.2) is 29.8 Å². The summed E-state index contributed by atoms with van der Waals surface area (Å²) in [7, 11) is 3.24. The van der Waals surface area contributed by atoms with Crippen molar-refractivity contribution in [3.8, 4) is 28.4 Å². The quantitative estimate of drug-likeness (QED) is 0.300. The van der Waals surface area contributed by atoms with Crippen molar-refractivity contribution >= 4 is 11.9 Å². The monoisotopic (exact) mass is 410 g/mol. The predicted molar refractivity (Wildman–Crippen MR) is 122 cm³/mol. The summed E-state index contributed by atoms with van der Waals surface area (Å²) in [5, 5.41) is 4.78. The molecule has 5 heteroatoms. The zero-order valence-electron chi connectivity index (χ0n) is 17.4. The van der Waals surface area contributed by atoms with Gasteiger partial charge in [-0.2, -0.15) is 5.10 Å². The Kier molecular flexibility index (Phi) is 5.94. The first-order valence-corrected chi connectivity index (χ1v) is 9.84. The van der Waals surface area contributed by atoms with E-state index in [-0.39, 0.29) is 5.78 Å². The minimum Gasteiger partial charge on any atom is -0.497 e. The van der Waals surface area contributed by atoms with Crippen molar-refractivity contribution in [1.29, 1.82) is 0 Å². The third-order valence-electron chi connectivity index (χ3n) is 4.92. The van der Waals surface area contributed by atoms with Crippen molar-refractivity contribution in [2.75, 3.05) is 14.2 Å². The van der Waals surface area contributed by atoms with Gasteiger partial charge in [-0.05, 0) is 72.8 Å². The average Bonchev–Trinajstić information content (AvgIpc) is 3.27. The highest BCUT2D eigenvalue weighted by atomic mass is 16.5. The molecular weight excluding hydrogens is 388 g/mol. The first kappa shape index (κ1) is 20.2. The summed E-state index contributed by atoms with van der Waals surface area (Å²) in [6.07, 6.45) is 5.30. The highest BCUT2D eigenvalue weighted by Crippen LogP contribution is 2.27. The van der Waals surface area contributed by atoms with Crippen LogP contribution in [0.25, 0.3) is 23.0 Å². The molecule has 0 N–H and O–H groups in total. The largest absolute Gasteiger partial charge is 0.497 e. The second kappa shape index (κ2) is 9.13. The third-order valence-corrected chi connectivity index (χ3v) is 4.92. The maximum Gasteiger partial charge on any atom is 0.185 e. The van der Waals surface area contributed by atoms with Gasteiger partial charge in [0.2, 0.25) is 0 Å². The van der Waals surface area contributed by atoms with Gasteiger partial charge in [-0.15, -0.1) is 0 Å². The molecule has 0 aliphatic heterocycles. The normalized spacial score (nSPS) is 10.9. The van der Waals surface area contributed by atoms with Crippen LogP contribution in [0.3, 0.4) is 0 Å². The molecule has 0 saturated heterocycles. The Labute approximate surface area is 181 Å². The second-order valence-corrected chi connectivity index (χ2v) is 6.87. The number of benzene rings is 3. The van der Waals surface area contributed by atoms with Crippen molar-refractivity contribution < 1.29 is 14.3 Å². The molecule has 0 spiro atoms. The number of para-hydroxylation sites is 1. The molecule has 0 aliphatic carbocycles. The summed E-state index contributed by atoms with van der Waals surface area (Å²) in [6, 6.07) is 24.6. The summed E-state index contributed by atoms with van der Waals surface area (Å²) >= 11 is 0. The van der Waals surface area contributed by atoms with Gasteiger partial charge in [0.05, 0.1) is 25.6 Å². The predicted octanol–water partition coefficient (Wildman–Crippen LogP) is 5.45. The van der Waals surface area contributed by atoms with Gasteiger partial charge in [0.25, 0.3) is 0 Å². The summed E-state index contributed by atoms with van der Waals surface area (Å²) < 4.78 is 12.2. The summed E-state index contributed by atoms with van der Waals surface area (Å²) in [5.41, 5.74) is 4.10. The third kappa shape index (κ3) is 4.56. The summed E-state index contributed by atoms with van der Waals surface area (Å²) in [6.45, 7) is 0. The van der Waals surface area contributed by atoms with Gasteiger partial charge in [0.1, 0.15) is 11.5 Å². The lowest BCUT2D eigenvalue weighted by Gasteiger charge is -2.03. The van der Waals surface area contributed by atoms with E-state index in [9.17, 15) is 4.79 Å². The second-order valence-electron chi connectivity index (χ2n) is 6.87. The van der Waals surface area contributed by atoms with Crippen LogP contribution in [0.5, 0.6) is 11.5 Å².